The molecule has 0 atom stereocenters. The second-order valence-electron chi connectivity index (χ2n) is 10.9. The van der Waals surface area contributed by atoms with Crippen LogP contribution in [0.3, 0.4) is 0 Å². The van der Waals surface area contributed by atoms with E-state index in [1.165, 1.54) is 5.56 Å². The van der Waals surface area contributed by atoms with Crippen molar-refractivity contribution in [2.24, 2.45) is 0 Å². The maximum absolute atomic E-state index is 11.9. The molecule has 0 amide bonds. The van der Waals surface area contributed by atoms with Gasteiger partial charge in [0.25, 0.3) is 0 Å². The van der Waals surface area contributed by atoms with Crippen LogP contribution in [-0.2, 0) is 14.3 Å². The van der Waals surface area contributed by atoms with Gasteiger partial charge in [0.15, 0.2) is 0 Å². The zero-order chi connectivity index (χ0) is 28.7. The Kier molecular flexibility index (Phi) is 9.37. The largest absolute Gasteiger partial charge is 0.458 e. The highest BCUT2D eigenvalue weighted by atomic mass is 16.6. The van der Waals surface area contributed by atoms with Crippen LogP contribution in [0.2, 0.25) is 0 Å². The Morgan fingerprint density at radius 2 is 1.70 bits per heavy atom. The van der Waals surface area contributed by atoms with E-state index in [0.29, 0.717) is 6.61 Å². The van der Waals surface area contributed by atoms with Gasteiger partial charge in [-0.3, -0.25) is 4.57 Å². The monoisotopic (exact) mass is 545 g/mol. The molecule has 9 heteroatoms. The molecule has 0 fully saturated rings. The van der Waals surface area contributed by atoms with Crippen LogP contribution in [0.1, 0.15) is 57.1 Å². The number of nitrogens with zero attached hydrogens (tertiary/aromatic N) is 5. The lowest BCUT2D eigenvalue weighted by atomic mass is 10.0. The van der Waals surface area contributed by atoms with Crippen molar-refractivity contribution in [3.05, 3.63) is 72.1 Å². The van der Waals surface area contributed by atoms with Crippen LogP contribution in [-0.4, -0.2) is 51.3 Å². The first-order valence-electron chi connectivity index (χ1n) is 13.7. The van der Waals surface area contributed by atoms with Crippen LogP contribution in [0.5, 0.6) is 0 Å². The van der Waals surface area contributed by atoms with Crippen LogP contribution in [0.25, 0.3) is 16.8 Å². The third-order valence-corrected chi connectivity index (χ3v) is 6.51. The fourth-order valence-electron chi connectivity index (χ4n) is 4.66. The molecule has 0 saturated carbocycles. The summed E-state index contributed by atoms with van der Waals surface area (Å²) in [6.07, 6.45) is 6.16. The van der Waals surface area contributed by atoms with E-state index in [2.05, 4.69) is 69.6 Å². The topological polar surface area (TPSA) is 95.5 Å². The summed E-state index contributed by atoms with van der Waals surface area (Å²) in [6.45, 7) is 12.9. The third kappa shape index (κ3) is 7.57. The lowest BCUT2D eigenvalue weighted by molar-refractivity contribution is -0.160. The fraction of sp³-hybridized carbons (Fsp3) is 0.419. The van der Waals surface area contributed by atoms with Gasteiger partial charge in [0.2, 0.25) is 0 Å². The SMILES string of the molecule is Cc1ccc(-c2c(C)noc2C)cc1N(CCCCCOCC(=O)OC(C)(C)C)c1ccc(-n2cnnc2)cc1. The highest BCUT2D eigenvalue weighted by Crippen LogP contribution is 2.35. The number of unbranched alkanes of at least 4 members (excludes halogenated alkanes) is 2. The summed E-state index contributed by atoms with van der Waals surface area (Å²) in [5, 5.41) is 12.0. The summed E-state index contributed by atoms with van der Waals surface area (Å²) in [6, 6.07) is 14.9. The molecular weight excluding hydrogens is 506 g/mol. The van der Waals surface area contributed by atoms with Gasteiger partial charge < -0.3 is 18.9 Å². The zero-order valence-corrected chi connectivity index (χ0v) is 24.3. The predicted molar refractivity (Wildman–Crippen MR) is 155 cm³/mol. The van der Waals surface area contributed by atoms with E-state index in [1.807, 2.05) is 39.2 Å². The lowest BCUT2D eigenvalue weighted by Crippen LogP contribution is -2.26. The summed E-state index contributed by atoms with van der Waals surface area (Å²) >= 11 is 0. The van der Waals surface area contributed by atoms with Crippen molar-refractivity contribution in [2.75, 3.05) is 24.7 Å². The molecule has 2 aromatic carbocycles. The van der Waals surface area contributed by atoms with Gasteiger partial charge in [-0.15, -0.1) is 10.2 Å². The zero-order valence-electron chi connectivity index (χ0n) is 24.3. The Hall–Kier alpha value is -3.98. The van der Waals surface area contributed by atoms with Gasteiger partial charge in [0.1, 0.15) is 30.6 Å². The molecule has 2 heterocycles. The van der Waals surface area contributed by atoms with Gasteiger partial charge in [0, 0.05) is 35.8 Å². The van der Waals surface area contributed by atoms with Crippen LogP contribution in [0.4, 0.5) is 11.4 Å². The quantitative estimate of drug-likeness (QED) is 0.147. The summed E-state index contributed by atoms with van der Waals surface area (Å²) < 4.78 is 18.2. The van der Waals surface area contributed by atoms with Crippen molar-refractivity contribution in [2.45, 2.75) is 66.4 Å². The van der Waals surface area contributed by atoms with Crippen molar-refractivity contribution < 1.29 is 18.8 Å². The third-order valence-electron chi connectivity index (χ3n) is 6.51. The van der Waals surface area contributed by atoms with E-state index in [9.17, 15) is 4.79 Å². The Morgan fingerprint density at radius 1 is 0.975 bits per heavy atom. The van der Waals surface area contributed by atoms with Crippen molar-refractivity contribution in [1.82, 2.24) is 19.9 Å². The van der Waals surface area contributed by atoms with E-state index in [4.69, 9.17) is 14.0 Å². The molecule has 212 valence electrons. The summed E-state index contributed by atoms with van der Waals surface area (Å²) in [5.74, 6) is 0.478. The number of carbonyl (C=O) groups excluding carboxylic acids is 1. The first-order chi connectivity index (χ1) is 19.1. The molecule has 0 aliphatic carbocycles. The molecule has 4 aromatic rings. The second-order valence-corrected chi connectivity index (χ2v) is 10.9. The summed E-state index contributed by atoms with van der Waals surface area (Å²) in [5.41, 5.74) is 6.90. The average Bonchev–Trinajstić information content (AvgIpc) is 3.56. The first kappa shape index (κ1) is 29.0. The van der Waals surface area contributed by atoms with E-state index in [-0.39, 0.29) is 12.6 Å². The minimum Gasteiger partial charge on any atom is -0.458 e. The summed E-state index contributed by atoms with van der Waals surface area (Å²) in [4.78, 5) is 14.2. The standard InChI is InChI=1S/C31H39N5O4/c1-22-10-11-25(30-23(2)34-40-24(30)3)18-28(22)36(27-14-12-26(13-15-27)35-20-32-33-21-35)16-8-7-9-17-38-19-29(37)39-31(4,5)6/h10-15,18,20-21H,7-9,16-17,19H2,1-6H3. The molecule has 0 aliphatic rings. The normalized spacial score (nSPS) is 11.6. The minimum atomic E-state index is -0.501. The van der Waals surface area contributed by atoms with Gasteiger partial charge in [0.05, 0.1) is 5.69 Å². The lowest BCUT2D eigenvalue weighted by Gasteiger charge is -2.28. The van der Waals surface area contributed by atoms with Crippen LogP contribution < -0.4 is 4.90 Å². The molecule has 0 bridgehead atoms. The summed E-state index contributed by atoms with van der Waals surface area (Å²) in [7, 11) is 0. The Morgan fingerprint density at radius 3 is 2.35 bits per heavy atom. The number of hydrogen-bond donors (Lipinski definition) is 0. The molecule has 0 N–H and O–H groups in total. The highest BCUT2D eigenvalue weighted by Gasteiger charge is 2.18. The van der Waals surface area contributed by atoms with Crippen LogP contribution >= 0.6 is 0 Å². The van der Waals surface area contributed by atoms with Crippen LogP contribution in [0, 0.1) is 20.8 Å². The molecule has 0 unspecified atom stereocenters. The number of anilines is 2. The van der Waals surface area contributed by atoms with Crippen molar-refractivity contribution >= 4 is 17.3 Å². The number of esters is 1. The van der Waals surface area contributed by atoms with Gasteiger partial charge in [-0.05, 0) is 102 Å². The van der Waals surface area contributed by atoms with Gasteiger partial charge in [-0.25, -0.2) is 4.79 Å². The molecule has 0 aliphatic heterocycles. The Balaban J connectivity index is 1.47. The van der Waals surface area contributed by atoms with Crippen molar-refractivity contribution in [3.63, 3.8) is 0 Å². The molecule has 2 aromatic heterocycles. The fourth-order valence-corrected chi connectivity index (χ4v) is 4.66. The molecular formula is C31H39N5O4. The van der Waals surface area contributed by atoms with Gasteiger partial charge in [-0.2, -0.15) is 0 Å². The van der Waals surface area contributed by atoms with E-state index in [0.717, 1.165) is 65.5 Å². The number of aryl methyl sites for hydroxylation is 3. The predicted octanol–water partition coefficient (Wildman–Crippen LogP) is 6.51. The number of ether oxygens (including phenoxy) is 2. The van der Waals surface area contributed by atoms with Gasteiger partial charge in [-0.1, -0.05) is 17.3 Å². The number of carbonyl (C=O) groups is 1. The maximum atomic E-state index is 11.9. The van der Waals surface area contributed by atoms with Crippen molar-refractivity contribution in [3.8, 4) is 16.8 Å². The van der Waals surface area contributed by atoms with E-state index < -0.39 is 5.60 Å². The number of benzene rings is 2. The van der Waals surface area contributed by atoms with Gasteiger partial charge >= 0.3 is 5.97 Å². The molecule has 40 heavy (non-hydrogen) atoms. The number of rotatable bonds is 12. The van der Waals surface area contributed by atoms with Crippen molar-refractivity contribution in [1.29, 1.82) is 0 Å². The van der Waals surface area contributed by atoms with E-state index in [1.54, 1.807) is 12.7 Å². The Labute approximate surface area is 236 Å². The molecule has 0 spiro atoms. The maximum Gasteiger partial charge on any atom is 0.332 e. The average molecular weight is 546 g/mol. The smallest absolute Gasteiger partial charge is 0.332 e. The Bertz CT molecular complexity index is 1370. The van der Waals surface area contributed by atoms with Crippen LogP contribution in [0.15, 0.2) is 59.6 Å². The molecule has 4 rings (SSSR count). The molecule has 0 radical (unpaired) electrons. The number of aromatic nitrogens is 4. The van der Waals surface area contributed by atoms with E-state index >= 15 is 0 Å². The molecule has 9 nitrogen and oxygen atoms in total. The highest BCUT2D eigenvalue weighted by molar-refractivity contribution is 5.76. The number of hydrogen-bond acceptors (Lipinski definition) is 8. The first-order valence-corrected chi connectivity index (χ1v) is 13.7. The molecule has 0 saturated heterocycles. The minimum absolute atomic E-state index is 0.0180. The second kappa shape index (κ2) is 12.9.